The molecule has 1 aliphatic heterocycles. The van der Waals surface area contributed by atoms with Gasteiger partial charge in [0.25, 0.3) is 0 Å². The van der Waals surface area contributed by atoms with E-state index in [0.29, 0.717) is 0 Å². The van der Waals surface area contributed by atoms with E-state index in [1.54, 1.807) is 0 Å². The molecular formula is C20H18ClN5. The minimum Gasteiger partial charge on any atom is -0.337 e. The molecule has 1 aliphatic rings. The number of nitrogens with one attached hydrogen (secondary N) is 2. The zero-order valence-corrected chi connectivity index (χ0v) is 14.9. The van der Waals surface area contributed by atoms with E-state index in [9.17, 15) is 0 Å². The Morgan fingerprint density at radius 1 is 1.12 bits per heavy atom. The number of para-hydroxylation sites is 2. The molecule has 0 saturated carbocycles. The highest BCUT2D eigenvalue weighted by Gasteiger charge is 2.24. The lowest BCUT2D eigenvalue weighted by molar-refractivity contribution is 0.242. The van der Waals surface area contributed by atoms with E-state index < -0.39 is 0 Å². The fourth-order valence-corrected chi connectivity index (χ4v) is 3.87. The van der Waals surface area contributed by atoms with Crippen molar-refractivity contribution in [3.05, 3.63) is 70.4 Å². The van der Waals surface area contributed by atoms with Gasteiger partial charge in [-0.05, 0) is 36.2 Å². The molecule has 0 radical (unpaired) electrons. The lowest BCUT2D eigenvalue weighted by atomic mass is 10.0. The van der Waals surface area contributed by atoms with Crippen LogP contribution < -0.4 is 0 Å². The number of H-pyrrole nitrogens is 2. The maximum Gasteiger partial charge on any atom is 0.156 e. The first-order valence-corrected chi connectivity index (χ1v) is 9.12. The Kier molecular flexibility index (Phi) is 3.76. The molecule has 0 fully saturated rings. The average molecular weight is 364 g/mol. The molecule has 0 atom stereocenters. The van der Waals surface area contributed by atoms with Crippen LogP contribution in [0.4, 0.5) is 0 Å². The van der Waals surface area contributed by atoms with Crippen molar-refractivity contribution in [1.29, 1.82) is 0 Å². The van der Waals surface area contributed by atoms with Crippen LogP contribution in [0.5, 0.6) is 0 Å². The maximum atomic E-state index is 6.10. The number of imidazole rings is 1. The number of benzene rings is 2. The first kappa shape index (κ1) is 15.6. The Labute approximate surface area is 156 Å². The molecular weight excluding hydrogens is 346 g/mol. The van der Waals surface area contributed by atoms with Crippen LogP contribution in [0.15, 0.2) is 48.5 Å². The number of aromatic amines is 2. The van der Waals surface area contributed by atoms with Gasteiger partial charge in [0.1, 0.15) is 5.69 Å². The van der Waals surface area contributed by atoms with Crippen LogP contribution in [-0.4, -0.2) is 31.6 Å². The molecule has 2 aromatic heterocycles. The van der Waals surface area contributed by atoms with Crippen molar-refractivity contribution in [1.82, 2.24) is 25.1 Å². The van der Waals surface area contributed by atoms with Gasteiger partial charge in [0.15, 0.2) is 5.82 Å². The van der Waals surface area contributed by atoms with Crippen LogP contribution in [0.3, 0.4) is 0 Å². The summed E-state index contributed by atoms with van der Waals surface area (Å²) in [6.45, 7) is 2.71. The number of hydrogen-bond donors (Lipinski definition) is 2. The molecule has 4 aromatic rings. The van der Waals surface area contributed by atoms with Gasteiger partial charge < -0.3 is 4.98 Å². The normalized spacial score (nSPS) is 14.7. The summed E-state index contributed by atoms with van der Waals surface area (Å²) in [5, 5.41) is 8.54. The van der Waals surface area contributed by atoms with E-state index >= 15 is 0 Å². The van der Waals surface area contributed by atoms with Crippen molar-refractivity contribution >= 4 is 22.6 Å². The van der Waals surface area contributed by atoms with Gasteiger partial charge in [-0.15, -0.1) is 0 Å². The highest BCUT2D eigenvalue weighted by Crippen LogP contribution is 2.28. The summed E-state index contributed by atoms with van der Waals surface area (Å²) in [5.74, 6) is 0.864. The summed E-state index contributed by atoms with van der Waals surface area (Å²) in [5.41, 5.74) is 6.64. The van der Waals surface area contributed by atoms with Crippen LogP contribution in [0.1, 0.15) is 16.8 Å². The molecule has 0 aliphatic carbocycles. The van der Waals surface area contributed by atoms with Crippen molar-refractivity contribution in [2.24, 2.45) is 0 Å². The minimum absolute atomic E-state index is 0.784. The van der Waals surface area contributed by atoms with Crippen LogP contribution in [-0.2, 0) is 19.5 Å². The van der Waals surface area contributed by atoms with Crippen LogP contribution in [0.25, 0.3) is 22.6 Å². The third kappa shape index (κ3) is 2.79. The average Bonchev–Trinajstić information content (AvgIpc) is 3.25. The second-order valence-corrected chi connectivity index (χ2v) is 7.15. The fourth-order valence-electron chi connectivity index (χ4n) is 3.66. The van der Waals surface area contributed by atoms with Gasteiger partial charge in [-0.25, -0.2) is 4.98 Å². The molecule has 130 valence electrons. The molecule has 0 saturated heterocycles. The maximum absolute atomic E-state index is 6.10. The van der Waals surface area contributed by atoms with Gasteiger partial charge in [0.2, 0.25) is 0 Å². The van der Waals surface area contributed by atoms with E-state index in [1.807, 2.05) is 42.5 Å². The second-order valence-electron chi connectivity index (χ2n) is 6.72. The summed E-state index contributed by atoms with van der Waals surface area (Å²) in [6.07, 6.45) is 0.957. The van der Waals surface area contributed by atoms with E-state index in [0.717, 1.165) is 59.3 Å². The van der Waals surface area contributed by atoms with Gasteiger partial charge in [0, 0.05) is 30.2 Å². The molecule has 0 unspecified atom stereocenters. The molecule has 0 bridgehead atoms. The lowest BCUT2D eigenvalue weighted by Gasteiger charge is -2.26. The predicted octanol–water partition coefficient (Wildman–Crippen LogP) is 4.16. The van der Waals surface area contributed by atoms with E-state index in [2.05, 4.69) is 26.1 Å². The van der Waals surface area contributed by atoms with Crippen molar-refractivity contribution in [3.8, 4) is 11.5 Å². The number of fused-ring (bicyclic) bond motifs is 2. The van der Waals surface area contributed by atoms with Gasteiger partial charge >= 0.3 is 0 Å². The van der Waals surface area contributed by atoms with E-state index in [-0.39, 0.29) is 0 Å². The zero-order chi connectivity index (χ0) is 17.5. The highest BCUT2D eigenvalue weighted by atomic mass is 35.5. The zero-order valence-electron chi connectivity index (χ0n) is 14.2. The number of aromatic nitrogens is 4. The van der Waals surface area contributed by atoms with Crippen LogP contribution in [0.2, 0.25) is 5.02 Å². The Bertz CT molecular complexity index is 1050. The Balaban J connectivity index is 1.40. The van der Waals surface area contributed by atoms with Crippen LogP contribution in [0, 0.1) is 0 Å². The minimum atomic E-state index is 0.784. The van der Waals surface area contributed by atoms with E-state index in [4.69, 9.17) is 16.6 Å². The smallest absolute Gasteiger partial charge is 0.156 e. The van der Waals surface area contributed by atoms with Crippen molar-refractivity contribution < 1.29 is 0 Å². The first-order chi connectivity index (χ1) is 12.8. The quantitative estimate of drug-likeness (QED) is 0.574. The standard InChI is InChI=1S/C20H18ClN5/c21-14-5-3-4-13(10-14)11-26-9-8-15-18(12-26)24-25-19(15)20-22-16-6-1-2-7-17(16)23-20/h1-7,10H,8-9,11-12H2,(H,22,23)(H,24,25). The molecule has 5 rings (SSSR count). The lowest BCUT2D eigenvalue weighted by Crippen LogP contribution is -2.30. The number of halogens is 1. The third-order valence-electron chi connectivity index (χ3n) is 4.93. The summed E-state index contributed by atoms with van der Waals surface area (Å²) in [7, 11) is 0. The summed E-state index contributed by atoms with van der Waals surface area (Å²) < 4.78 is 0. The molecule has 2 N–H and O–H groups in total. The van der Waals surface area contributed by atoms with E-state index in [1.165, 1.54) is 11.1 Å². The second kappa shape index (κ2) is 6.27. The molecule has 6 heteroatoms. The SMILES string of the molecule is Clc1cccc(CN2CCc3c(n[nH]c3-c3nc4ccccc4[nH]3)C2)c1. The number of hydrogen-bond acceptors (Lipinski definition) is 3. The molecule has 5 nitrogen and oxygen atoms in total. The largest absolute Gasteiger partial charge is 0.337 e. The number of rotatable bonds is 3. The summed E-state index contributed by atoms with van der Waals surface area (Å²) in [6, 6.07) is 16.1. The summed E-state index contributed by atoms with van der Waals surface area (Å²) >= 11 is 6.10. The van der Waals surface area contributed by atoms with Gasteiger partial charge in [-0.3, -0.25) is 10.00 Å². The van der Waals surface area contributed by atoms with Crippen LogP contribution >= 0.6 is 11.6 Å². The topological polar surface area (TPSA) is 60.6 Å². The Morgan fingerprint density at radius 2 is 2.04 bits per heavy atom. The van der Waals surface area contributed by atoms with Gasteiger partial charge in [0.05, 0.1) is 16.7 Å². The highest BCUT2D eigenvalue weighted by molar-refractivity contribution is 6.30. The number of nitrogens with zero attached hydrogens (tertiary/aromatic N) is 3. The first-order valence-electron chi connectivity index (χ1n) is 8.74. The fraction of sp³-hybridized carbons (Fsp3) is 0.200. The van der Waals surface area contributed by atoms with Crippen molar-refractivity contribution in [2.75, 3.05) is 6.54 Å². The Hall–Kier alpha value is -2.63. The van der Waals surface area contributed by atoms with Crippen molar-refractivity contribution in [2.45, 2.75) is 19.5 Å². The monoisotopic (exact) mass is 363 g/mol. The summed E-state index contributed by atoms with van der Waals surface area (Å²) in [4.78, 5) is 10.5. The van der Waals surface area contributed by atoms with Gasteiger partial charge in [-0.1, -0.05) is 35.9 Å². The molecule has 2 aromatic carbocycles. The molecule has 3 heterocycles. The third-order valence-corrected chi connectivity index (χ3v) is 5.16. The Morgan fingerprint density at radius 3 is 2.92 bits per heavy atom. The molecule has 0 spiro atoms. The molecule has 26 heavy (non-hydrogen) atoms. The predicted molar refractivity (Wildman–Crippen MR) is 103 cm³/mol. The molecule has 0 amide bonds. The van der Waals surface area contributed by atoms with Gasteiger partial charge in [-0.2, -0.15) is 5.10 Å². The van der Waals surface area contributed by atoms with Crippen molar-refractivity contribution in [3.63, 3.8) is 0 Å².